The molecular weight excluding hydrogens is 506 g/mol. The summed E-state index contributed by atoms with van der Waals surface area (Å²) in [7, 11) is 1.72. The molecule has 3 N–H and O–H groups in total. The summed E-state index contributed by atoms with van der Waals surface area (Å²) in [5.41, 5.74) is 0.479. The van der Waals surface area contributed by atoms with Crippen molar-refractivity contribution in [2.24, 2.45) is 4.99 Å². The first kappa shape index (κ1) is 23.0. The van der Waals surface area contributed by atoms with Gasteiger partial charge in [0.15, 0.2) is 5.96 Å². The molecule has 0 aliphatic carbocycles. The maximum atomic E-state index is 12.0. The van der Waals surface area contributed by atoms with Crippen LogP contribution in [0.3, 0.4) is 0 Å². The number of nitrogens with one attached hydrogen (secondary N) is 3. The van der Waals surface area contributed by atoms with Crippen LogP contribution in [0.5, 0.6) is 0 Å². The molecule has 1 amide bonds. The van der Waals surface area contributed by atoms with Crippen molar-refractivity contribution in [1.29, 1.82) is 0 Å². The van der Waals surface area contributed by atoms with E-state index in [4.69, 9.17) is 23.2 Å². The summed E-state index contributed by atoms with van der Waals surface area (Å²) in [5, 5.41) is 12.1. The van der Waals surface area contributed by atoms with E-state index in [2.05, 4.69) is 32.4 Å². The zero-order valence-corrected chi connectivity index (χ0v) is 18.9. The van der Waals surface area contributed by atoms with Crippen LogP contribution in [0.4, 0.5) is 0 Å². The van der Waals surface area contributed by atoms with E-state index in [1.807, 2.05) is 6.07 Å². The minimum absolute atomic E-state index is 0. The standard InChI is InChI=1S/C17H20Cl2N4OS.HI/c1-20-17(22-7-6-13-3-2-10-25-13)23-9-8-21-16(24)12-4-5-14(18)15(19)11-12;/h2-5,10-11H,6-9H2,1H3,(H,21,24)(H2,20,22,23);1H. The Morgan fingerprint density at radius 3 is 2.46 bits per heavy atom. The number of aliphatic imine (C=N–C) groups is 1. The van der Waals surface area contributed by atoms with Gasteiger partial charge in [-0.25, -0.2) is 0 Å². The Morgan fingerprint density at radius 1 is 1.08 bits per heavy atom. The quantitative estimate of drug-likeness (QED) is 0.222. The molecule has 1 aromatic carbocycles. The third-order valence-electron chi connectivity index (χ3n) is 3.35. The summed E-state index contributed by atoms with van der Waals surface area (Å²) in [5.74, 6) is 0.515. The third-order valence-corrected chi connectivity index (χ3v) is 5.03. The first-order chi connectivity index (χ1) is 12.1. The zero-order chi connectivity index (χ0) is 18.1. The van der Waals surface area contributed by atoms with Gasteiger partial charge in [0.05, 0.1) is 10.0 Å². The lowest BCUT2D eigenvalue weighted by Crippen LogP contribution is -2.42. The number of thiophene rings is 1. The maximum Gasteiger partial charge on any atom is 0.251 e. The van der Waals surface area contributed by atoms with Crippen molar-refractivity contribution in [2.45, 2.75) is 6.42 Å². The SMILES string of the molecule is CN=C(NCCNC(=O)c1ccc(Cl)c(Cl)c1)NCCc1cccs1.I. The second kappa shape index (κ2) is 12.4. The molecule has 0 aliphatic rings. The maximum absolute atomic E-state index is 12.0. The van der Waals surface area contributed by atoms with Crippen molar-refractivity contribution >= 4 is 70.4 Å². The first-order valence-electron chi connectivity index (χ1n) is 7.80. The van der Waals surface area contributed by atoms with Crippen molar-refractivity contribution in [1.82, 2.24) is 16.0 Å². The fourth-order valence-electron chi connectivity index (χ4n) is 2.08. The van der Waals surface area contributed by atoms with Gasteiger partial charge in [0.2, 0.25) is 0 Å². The number of amides is 1. The van der Waals surface area contributed by atoms with Crippen molar-refractivity contribution < 1.29 is 4.79 Å². The average Bonchev–Trinajstić information content (AvgIpc) is 3.12. The summed E-state index contributed by atoms with van der Waals surface area (Å²) in [6, 6.07) is 8.96. The molecule has 5 nitrogen and oxygen atoms in total. The Hall–Kier alpha value is -1.03. The Labute approximate surface area is 184 Å². The number of hydrogen-bond acceptors (Lipinski definition) is 3. The lowest BCUT2D eigenvalue weighted by atomic mass is 10.2. The minimum Gasteiger partial charge on any atom is -0.356 e. The van der Waals surface area contributed by atoms with E-state index >= 15 is 0 Å². The number of rotatable bonds is 7. The van der Waals surface area contributed by atoms with Crippen LogP contribution in [0.15, 0.2) is 40.7 Å². The van der Waals surface area contributed by atoms with Crippen LogP contribution in [-0.2, 0) is 6.42 Å². The molecule has 0 bridgehead atoms. The summed E-state index contributed by atoms with van der Waals surface area (Å²) in [6.45, 7) is 1.83. The molecular formula is C17H21Cl2IN4OS. The average molecular weight is 527 g/mol. The Kier molecular flexibility index (Phi) is 11.0. The third kappa shape index (κ3) is 7.69. The number of benzene rings is 1. The van der Waals surface area contributed by atoms with E-state index in [9.17, 15) is 4.79 Å². The van der Waals surface area contributed by atoms with E-state index in [1.54, 1.807) is 36.6 Å². The van der Waals surface area contributed by atoms with Gasteiger partial charge in [0.1, 0.15) is 0 Å². The topological polar surface area (TPSA) is 65.5 Å². The predicted octanol–water partition coefficient (Wildman–Crippen LogP) is 3.81. The molecule has 1 aromatic heterocycles. The highest BCUT2D eigenvalue weighted by Gasteiger charge is 2.07. The van der Waals surface area contributed by atoms with Crippen LogP contribution in [0.25, 0.3) is 0 Å². The van der Waals surface area contributed by atoms with Crippen LogP contribution in [-0.4, -0.2) is 38.5 Å². The molecule has 2 rings (SSSR count). The molecule has 26 heavy (non-hydrogen) atoms. The van der Waals surface area contributed by atoms with Gasteiger partial charge in [-0.2, -0.15) is 0 Å². The minimum atomic E-state index is -0.194. The molecule has 0 radical (unpaired) electrons. The van der Waals surface area contributed by atoms with Gasteiger partial charge in [0, 0.05) is 37.1 Å². The van der Waals surface area contributed by atoms with E-state index < -0.39 is 0 Å². The van der Waals surface area contributed by atoms with Gasteiger partial charge in [-0.3, -0.25) is 9.79 Å². The smallest absolute Gasteiger partial charge is 0.251 e. The van der Waals surface area contributed by atoms with Crippen LogP contribution < -0.4 is 16.0 Å². The van der Waals surface area contributed by atoms with Crippen molar-refractivity contribution in [2.75, 3.05) is 26.7 Å². The van der Waals surface area contributed by atoms with Crippen LogP contribution >= 0.6 is 58.5 Å². The molecule has 9 heteroatoms. The van der Waals surface area contributed by atoms with Gasteiger partial charge in [-0.15, -0.1) is 35.3 Å². The highest BCUT2D eigenvalue weighted by molar-refractivity contribution is 14.0. The van der Waals surface area contributed by atoms with Crippen molar-refractivity contribution in [3.8, 4) is 0 Å². The highest BCUT2D eigenvalue weighted by atomic mass is 127. The van der Waals surface area contributed by atoms with E-state index in [1.165, 1.54) is 4.88 Å². The fraction of sp³-hybridized carbons (Fsp3) is 0.294. The number of hydrogen-bond donors (Lipinski definition) is 3. The lowest BCUT2D eigenvalue weighted by molar-refractivity contribution is 0.0954. The zero-order valence-electron chi connectivity index (χ0n) is 14.2. The fourth-order valence-corrected chi connectivity index (χ4v) is 3.08. The summed E-state index contributed by atoms with van der Waals surface area (Å²) < 4.78 is 0. The number of halogens is 3. The second-order valence-electron chi connectivity index (χ2n) is 5.14. The molecule has 0 spiro atoms. The summed E-state index contributed by atoms with van der Waals surface area (Å²) in [6.07, 6.45) is 0.951. The Bertz CT molecular complexity index is 726. The summed E-state index contributed by atoms with van der Waals surface area (Å²) >= 11 is 13.5. The molecule has 1 heterocycles. The second-order valence-corrected chi connectivity index (χ2v) is 6.99. The number of carbonyl (C=O) groups excluding carboxylic acids is 1. The summed E-state index contributed by atoms with van der Waals surface area (Å²) in [4.78, 5) is 17.5. The number of guanidine groups is 1. The van der Waals surface area contributed by atoms with E-state index in [-0.39, 0.29) is 29.9 Å². The van der Waals surface area contributed by atoms with Crippen LogP contribution in [0, 0.1) is 0 Å². The van der Waals surface area contributed by atoms with Gasteiger partial charge in [-0.05, 0) is 36.1 Å². The number of carbonyl (C=O) groups is 1. The Morgan fingerprint density at radius 2 is 1.81 bits per heavy atom. The normalized spacial score (nSPS) is 10.8. The Balaban J connectivity index is 0.00000338. The van der Waals surface area contributed by atoms with Gasteiger partial charge in [-0.1, -0.05) is 29.3 Å². The molecule has 0 fully saturated rings. The molecule has 0 unspecified atom stereocenters. The first-order valence-corrected chi connectivity index (χ1v) is 9.44. The molecule has 0 saturated heterocycles. The molecule has 0 saturated carbocycles. The van der Waals surface area contributed by atoms with E-state index in [0.29, 0.717) is 34.7 Å². The largest absolute Gasteiger partial charge is 0.356 e. The molecule has 0 aliphatic heterocycles. The van der Waals surface area contributed by atoms with Crippen molar-refractivity contribution in [3.05, 3.63) is 56.2 Å². The van der Waals surface area contributed by atoms with Gasteiger partial charge >= 0.3 is 0 Å². The highest BCUT2D eigenvalue weighted by Crippen LogP contribution is 2.22. The lowest BCUT2D eigenvalue weighted by Gasteiger charge is -2.12. The molecule has 2 aromatic rings. The number of nitrogens with zero attached hydrogens (tertiary/aromatic N) is 1. The molecule has 142 valence electrons. The van der Waals surface area contributed by atoms with E-state index in [0.717, 1.165) is 13.0 Å². The molecule has 0 atom stereocenters. The van der Waals surface area contributed by atoms with Gasteiger partial charge in [0.25, 0.3) is 5.91 Å². The van der Waals surface area contributed by atoms with Crippen molar-refractivity contribution in [3.63, 3.8) is 0 Å². The van der Waals surface area contributed by atoms with Gasteiger partial charge < -0.3 is 16.0 Å². The van der Waals surface area contributed by atoms with Crippen LogP contribution in [0.1, 0.15) is 15.2 Å². The van der Waals surface area contributed by atoms with Crippen LogP contribution in [0.2, 0.25) is 10.0 Å². The monoisotopic (exact) mass is 526 g/mol. The predicted molar refractivity (Wildman–Crippen MR) is 122 cm³/mol.